The first kappa shape index (κ1) is 100. The molecule has 704 valence electrons. The van der Waals surface area contributed by atoms with Crippen LogP contribution in [0.15, 0.2) is 279 Å². The molecule has 14 aromatic rings. The van der Waals surface area contributed by atoms with Crippen LogP contribution >= 0.6 is 63.7 Å². The van der Waals surface area contributed by atoms with E-state index >= 15 is 4.39 Å². The number of hydrogen-bond donors (Lipinski definition) is 6. The van der Waals surface area contributed by atoms with E-state index in [1.165, 1.54) is 44.7 Å². The molecule has 5 saturated carbocycles. The van der Waals surface area contributed by atoms with Crippen LogP contribution in [0.4, 0.5) is 39.3 Å². The number of aromatic nitrogens is 4. The van der Waals surface area contributed by atoms with Crippen molar-refractivity contribution in [1.29, 1.82) is 0 Å². The Morgan fingerprint density at radius 1 is 0.419 bits per heavy atom. The van der Waals surface area contributed by atoms with Gasteiger partial charge in [-0.2, -0.15) is 0 Å². The standard InChI is InChI=1S/C34H32FN3O3.C23H22BN3O4.C17H13BrFNO4.C11H12BrFO.2C10H10BrFO/c1-40-25-16-24(17-25)26-14-9-15-27(31(26)35)30-18-28-29(34(39)41-2)19-36-33(32(28)37-30)38(20-22-10-5-3-6-11-22)21-23-12-7-4-8-13-23;1-31-23(28)19-13-25-22(21-18(19)12-20(26-21)24(29)30)27(14-16-8-4-2-5-9-16)15-17-10-6-3-7-11-17;18-15-3-1-2-14(16(15)19)11-8-13(9-11)24-17(21)10-4-6-12(7-5-10)20(22)23;1-14-8-5-7(6-8)9-3-2-4-10(12)11(9)13;2*11-9-3-1-2-8(10(9)12)6-4-7(13)5-6/h3-15,18-19,24-25,37H,16-17,20-21H2,1-2H3;2-13,26,29-30H,14-15H2,1H3;1-7,11,13H,8-9H2;2-4,7-8H,5-6H2,1H3;2*1-3,6-7,13H,4-5H2. The fourth-order valence-electron chi connectivity index (χ4n) is 17.1. The van der Waals surface area contributed by atoms with E-state index in [2.05, 4.69) is 113 Å². The number of carbonyl (C=O) groups excluding carboxylic acids is 3. The highest BCUT2D eigenvalue weighted by molar-refractivity contribution is 9.11. The number of fused-ring (bicyclic) bond motifs is 2. The SMILES string of the molecule is COC(=O)c1cnc(N(Cc2ccccc2)Cc2ccccc2)c2[nH]c(-c3cccc(C4CC(OC)C4)c3F)cc12.COC(=O)c1cnc(N(Cc2ccccc2)Cc2ccccc2)c2[nH]c(B(O)O)cc12.COC1CC(c2cccc(Br)c2F)C1.O=C(OC1CC(c2cccc(Br)c2F)C1)c1ccc([N+](=O)[O-])cc1.OC1CC(c2cccc(Br)c2F)C1.OC1CC(c2cccc(Br)c2F)C1. The molecule has 31 heteroatoms. The van der Waals surface area contributed by atoms with Crippen molar-refractivity contribution >= 4 is 133 Å². The second-order valence-electron chi connectivity index (χ2n) is 34.0. The third-order valence-corrected chi connectivity index (χ3v) is 27.5. The van der Waals surface area contributed by atoms with Crippen LogP contribution in [0.2, 0.25) is 0 Å². The van der Waals surface area contributed by atoms with Crippen molar-refractivity contribution in [3.05, 3.63) is 385 Å². The summed E-state index contributed by atoms with van der Waals surface area (Å²) in [6.07, 6.45) is 10.1. The summed E-state index contributed by atoms with van der Waals surface area (Å²) < 4.78 is 98.4. The predicted octanol–water partition coefficient (Wildman–Crippen LogP) is 23.2. The van der Waals surface area contributed by atoms with Crippen LogP contribution in [-0.2, 0) is 49.9 Å². The van der Waals surface area contributed by atoms with Crippen LogP contribution in [0.25, 0.3) is 33.1 Å². The molecule has 0 unspecified atom stereocenters. The van der Waals surface area contributed by atoms with Crippen molar-refractivity contribution in [3.8, 4) is 11.3 Å². The van der Waals surface area contributed by atoms with Crippen molar-refractivity contribution in [3.63, 3.8) is 0 Å². The molecule has 136 heavy (non-hydrogen) atoms. The Bertz CT molecular complexity index is 6310. The van der Waals surface area contributed by atoms with Gasteiger partial charge in [-0.1, -0.05) is 182 Å². The molecule has 4 aromatic heterocycles. The number of esters is 3. The van der Waals surface area contributed by atoms with E-state index in [4.69, 9.17) is 38.9 Å². The van der Waals surface area contributed by atoms with Crippen LogP contribution in [0, 0.1) is 39.2 Å². The van der Waals surface area contributed by atoms with Gasteiger partial charge in [0.05, 0.1) is 89.2 Å². The fraction of sp³-hybridized carbons (Fsp3) is 0.267. The van der Waals surface area contributed by atoms with Crippen LogP contribution in [0.5, 0.6) is 0 Å². The molecule has 0 amide bonds. The van der Waals surface area contributed by atoms with Gasteiger partial charge in [0.2, 0.25) is 0 Å². The highest BCUT2D eigenvalue weighted by Crippen LogP contribution is 2.47. The molecule has 5 aliphatic rings. The smallest absolute Gasteiger partial charge is 0.465 e. The zero-order valence-electron chi connectivity index (χ0n) is 74.6. The number of rotatable bonds is 24. The highest BCUT2D eigenvalue weighted by Gasteiger charge is 2.39. The second kappa shape index (κ2) is 47.0. The predicted molar refractivity (Wildman–Crippen MR) is 528 cm³/mol. The van der Waals surface area contributed by atoms with Gasteiger partial charge >= 0.3 is 25.0 Å². The number of anilines is 2. The maximum absolute atomic E-state index is 16.0. The molecule has 10 aromatic carbocycles. The number of aliphatic hydroxyl groups is 2. The van der Waals surface area contributed by atoms with Gasteiger partial charge in [-0.15, -0.1) is 0 Å². The number of pyridine rings is 2. The van der Waals surface area contributed by atoms with Gasteiger partial charge in [0.1, 0.15) is 35.2 Å². The first-order chi connectivity index (χ1) is 65.6. The number of aliphatic hydroxyl groups excluding tert-OH is 2. The summed E-state index contributed by atoms with van der Waals surface area (Å²) in [6.45, 7) is 2.34. The number of benzene rings is 10. The minimum atomic E-state index is -1.71. The summed E-state index contributed by atoms with van der Waals surface area (Å²) in [5.41, 5.74) is 11.2. The Morgan fingerprint density at radius 3 is 1.07 bits per heavy atom. The molecule has 0 atom stereocenters. The quantitative estimate of drug-likeness (QED) is 0.00818. The van der Waals surface area contributed by atoms with E-state index < -0.39 is 29.9 Å². The number of H-pyrrole nitrogens is 2. The lowest BCUT2D eigenvalue weighted by Gasteiger charge is -2.35. The minimum absolute atomic E-state index is 0.0251. The molecule has 0 saturated heterocycles. The Balaban J connectivity index is 0.000000138. The van der Waals surface area contributed by atoms with Crippen molar-refractivity contribution in [2.75, 3.05) is 38.2 Å². The molecule has 0 spiro atoms. The minimum Gasteiger partial charge on any atom is -0.465 e. The van der Waals surface area contributed by atoms with Crippen LogP contribution in [0.3, 0.4) is 0 Å². The number of carbonyl (C=O) groups is 3. The summed E-state index contributed by atoms with van der Waals surface area (Å²) >= 11 is 12.6. The van der Waals surface area contributed by atoms with Crippen LogP contribution in [0.1, 0.15) is 175 Å². The van der Waals surface area contributed by atoms with Crippen molar-refractivity contribution in [1.82, 2.24) is 19.9 Å². The molecule has 0 radical (unpaired) electrons. The topological polar surface area (TPSA) is 285 Å². The number of aromatic amines is 2. The third-order valence-electron chi connectivity index (χ3n) is 25.1. The molecule has 5 aliphatic carbocycles. The third kappa shape index (κ3) is 24.7. The molecule has 0 bridgehead atoms. The zero-order chi connectivity index (χ0) is 96.4. The Morgan fingerprint density at radius 2 is 0.743 bits per heavy atom. The average molecular weight is 2110 g/mol. The molecule has 6 N–H and O–H groups in total. The van der Waals surface area contributed by atoms with Crippen LogP contribution in [-0.4, -0.2) is 129 Å². The lowest BCUT2D eigenvalue weighted by atomic mass is 9.77. The summed E-state index contributed by atoms with van der Waals surface area (Å²) in [5.74, 6) is -0.415. The van der Waals surface area contributed by atoms with Gasteiger partial charge in [0.15, 0.2) is 11.6 Å². The molecular weight excluding hydrogens is 2010 g/mol. The zero-order valence-corrected chi connectivity index (χ0v) is 80.9. The molecule has 21 nitrogen and oxygen atoms in total. The van der Waals surface area contributed by atoms with Crippen molar-refractivity contribution < 1.29 is 85.2 Å². The van der Waals surface area contributed by atoms with E-state index in [0.29, 0.717) is 156 Å². The second-order valence-corrected chi connectivity index (χ2v) is 37.4. The molecule has 19 rings (SSSR count). The maximum Gasteiger partial charge on any atom is 0.505 e. The van der Waals surface area contributed by atoms with Gasteiger partial charge in [0, 0.05) is 92.5 Å². The largest absolute Gasteiger partial charge is 0.505 e. The summed E-state index contributed by atoms with van der Waals surface area (Å²) in [6, 6.07) is 75.7. The van der Waals surface area contributed by atoms with E-state index in [1.807, 2.05) is 140 Å². The highest BCUT2D eigenvalue weighted by atomic mass is 79.9. The monoisotopic (exact) mass is 2100 g/mol. The number of hydrogen-bond acceptors (Lipinski definition) is 18. The first-order valence-electron chi connectivity index (χ1n) is 44.3. The molecular formula is C105H99BBr4F5N7O14. The number of nitrogens with zero attached hydrogens (tertiary/aromatic N) is 5. The number of ether oxygens (including phenoxy) is 5. The first-order valence-corrected chi connectivity index (χ1v) is 47.5. The Kier molecular flexibility index (Phi) is 34.6. The van der Waals surface area contributed by atoms with E-state index in [1.54, 1.807) is 81.1 Å². The normalized spacial score (nSPS) is 18.7. The van der Waals surface area contributed by atoms with Gasteiger partial charge in [0.25, 0.3) is 5.69 Å². The molecule has 4 heterocycles. The van der Waals surface area contributed by atoms with Gasteiger partial charge < -0.3 is 63.7 Å². The Labute approximate surface area is 817 Å². The summed E-state index contributed by atoms with van der Waals surface area (Å²) in [5, 5.41) is 49.3. The van der Waals surface area contributed by atoms with E-state index in [0.717, 1.165) is 64.6 Å². The molecule has 5 fully saturated rings. The van der Waals surface area contributed by atoms with Crippen LogP contribution < -0.4 is 15.4 Å². The number of methoxy groups -OCH3 is 4. The maximum atomic E-state index is 16.0. The van der Waals surface area contributed by atoms with Gasteiger partial charge in [-0.05, 0) is 262 Å². The number of nitro benzene ring substituents is 1. The van der Waals surface area contributed by atoms with Crippen molar-refractivity contribution in [2.24, 2.45) is 0 Å². The Hall–Kier alpha value is -11.6. The summed E-state index contributed by atoms with van der Waals surface area (Å²) in [7, 11) is 4.34. The van der Waals surface area contributed by atoms with E-state index in [9.17, 15) is 52.1 Å². The fourth-order valence-corrected chi connectivity index (χ4v) is 18.7. The number of nitrogens with one attached hydrogen (secondary N) is 2. The number of halogens is 9. The lowest BCUT2D eigenvalue weighted by Crippen LogP contribution is -2.32. The average Bonchev–Trinajstić information content (AvgIpc) is 1.60. The number of non-ortho nitro benzene ring substituents is 1. The van der Waals surface area contributed by atoms with Gasteiger partial charge in [-0.3, -0.25) is 10.1 Å². The van der Waals surface area contributed by atoms with Gasteiger partial charge in [-0.25, -0.2) is 46.3 Å². The molecule has 0 aliphatic heterocycles. The summed E-state index contributed by atoms with van der Waals surface area (Å²) in [4.78, 5) is 67.2. The van der Waals surface area contributed by atoms with E-state index in [-0.39, 0.29) is 99.6 Å². The number of nitro groups is 1. The lowest BCUT2D eigenvalue weighted by molar-refractivity contribution is -0.384. The van der Waals surface area contributed by atoms with Crippen molar-refractivity contribution in [2.45, 2.75) is 150 Å².